The van der Waals surface area contributed by atoms with Gasteiger partial charge >= 0.3 is 12.4 Å². The zero-order valence-corrected chi connectivity index (χ0v) is 32.6. The second-order valence-electron chi connectivity index (χ2n) is 13.1. The number of aromatic hydroxyl groups is 2. The first-order valence-corrected chi connectivity index (χ1v) is 18.5. The Kier molecular flexibility index (Phi) is 11.6. The second-order valence-corrected chi connectivity index (χ2v) is 14.4. The number of phenols is 2. The highest BCUT2D eigenvalue weighted by molar-refractivity contribution is 6.34. The molecule has 0 aliphatic carbocycles. The van der Waals surface area contributed by atoms with Crippen molar-refractivity contribution in [3.8, 4) is 11.5 Å². The molecule has 19 heteroatoms. The van der Waals surface area contributed by atoms with Gasteiger partial charge in [-0.15, -0.1) is 10.2 Å². The summed E-state index contributed by atoms with van der Waals surface area (Å²) in [6.07, 6.45) is -9.43. The predicted octanol–water partition coefficient (Wildman–Crippen LogP) is 14.7. The summed E-state index contributed by atoms with van der Waals surface area (Å²) >= 11 is 18.3. The molecule has 0 aromatic heterocycles. The van der Waals surface area contributed by atoms with Gasteiger partial charge in [0.05, 0.1) is 44.3 Å². The van der Waals surface area contributed by atoms with Crippen LogP contribution in [0, 0.1) is 0 Å². The highest BCUT2D eigenvalue weighted by atomic mass is 35.5. The first-order chi connectivity index (χ1) is 28.8. The number of halogens is 9. The van der Waals surface area contributed by atoms with Crippen molar-refractivity contribution in [2.75, 3.05) is 10.6 Å². The van der Waals surface area contributed by atoms with Gasteiger partial charge in [-0.1, -0.05) is 83.3 Å². The maximum absolute atomic E-state index is 13.6. The molecule has 0 bridgehead atoms. The maximum atomic E-state index is 13.6. The summed E-state index contributed by atoms with van der Waals surface area (Å²) in [4.78, 5) is 27.1. The number of hydrogen-bond acceptors (Lipinski definition) is 8. The molecule has 0 radical (unpaired) electrons. The number of hydrogen-bond donors (Lipinski definition) is 4. The zero-order valence-electron chi connectivity index (χ0n) is 30.4. The van der Waals surface area contributed by atoms with E-state index in [0.29, 0.717) is 21.5 Å². The minimum Gasteiger partial charge on any atom is -0.505 e. The number of alkyl halides is 6. The number of carbonyl (C=O) groups is 2. The quantitative estimate of drug-likeness (QED) is 0.0888. The summed E-state index contributed by atoms with van der Waals surface area (Å²) in [5.41, 5.74) is -3.52. The summed E-state index contributed by atoms with van der Waals surface area (Å²) in [7, 11) is 0. The smallest absolute Gasteiger partial charge is 0.416 e. The third-order valence-electron chi connectivity index (χ3n) is 8.91. The molecule has 4 N–H and O–H groups in total. The van der Waals surface area contributed by atoms with Crippen LogP contribution in [0.4, 0.5) is 60.5 Å². The molecule has 0 aliphatic rings. The van der Waals surface area contributed by atoms with Crippen LogP contribution in [-0.4, -0.2) is 22.0 Å². The predicted molar refractivity (Wildman–Crippen MR) is 220 cm³/mol. The summed E-state index contributed by atoms with van der Waals surface area (Å²) in [5.74, 6) is -2.99. The van der Waals surface area contributed by atoms with Crippen molar-refractivity contribution in [2.24, 2.45) is 20.5 Å². The van der Waals surface area contributed by atoms with Crippen LogP contribution in [-0.2, 0) is 12.4 Å². The largest absolute Gasteiger partial charge is 0.505 e. The van der Waals surface area contributed by atoms with Crippen LogP contribution in [0.1, 0.15) is 31.8 Å². The molecule has 0 aliphatic heterocycles. The molecular formula is C42H23Cl3F6N6O4. The number of azo groups is 2. The standard InChI is InChI=1S/C42H23Cl3F6N6O4/c43-24-13-22(41(46,47)48)15-27(17-24)54-56-35-29-7-3-1-5-20(29)11-31(37(35)58)39(60)52-26-9-10-34(33(45)19-26)53-40(61)32-12-21-6-2-4-8-30(21)36(38(32)59)57-55-28-16-23(42(49,50)51)14-25(44)18-28/h1-19,58-59H,(H,52,60)(H,53,61). The van der Waals surface area contributed by atoms with Crippen molar-refractivity contribution in [1.29, 1.82) is 0 Å². The van der Waals surface area contributed by atoms with Crippen LogP contribution < -0.4 is 10.6 Å². The van der Waals surface area contributed by atoms with Crippen LogP contribution >= 0.6 is 34.8 Å². The Hall–Kier alpha value is -6.75. The Morgan fingerprint density at radius 1 is 0.525 bits per heavy atom. The van der Waals surface area contributed by atoms with Crippen molar-refractivity contribution in [3.05, 3.63) is 153 Å². The number of amides is 2. The Balaban J connectivity index is 1.14. The lowest BCUT2D eigenvalue weighted by molar-refractivity contribution is -0.138. The monoisotopic (exact) mass is 894 g/mol. The van der Waals surface area contributed by atoms with Gasteiger partial charge in [0.1, 0.15) is 11.4 Å². The van der Waals surface area contributed by atoms with Crippen molar-refractivity contribution in [2.45, 2.75) is 12.4 Å². The second kappa shape index (κ2) is 16.7. The van der Waals surface area contributed by atoms with Crippen LogP contribution in [0.2, 0.25) is 15.1 Å². The summed E-state index contributed by atoms with van der Waals surface area (Å²) in [5, 5.41) is 44.3. The molecule has 0 spiro atoms. The first kappa shape index (κ1) is 42.4. The van der Waals surface area contributed by atoms with Gasteiger partial charge in [0.15, 0.2) is 11.5 Å². The summed E-state index contributed by atoms with van der Waals surface area (Å²) in [6, 6.07) is 24.8. The molecule has 61 heavy (non-hydrogen) atoms. The van der Waals surface area contributed by atoms with E-state index in [1.807, 2.05) is 0 Å². The van der Waals surface area contributed by atoms with Gasteiger partial charge in [-0.05, 0) is 77.5 Å². The number of carbonyl (C=O) groups excluding carboxylic acids is 2. The van der Waals surface area contributed by atoms with E-state index < -0.39 is 46.8 Å². The fourth-order valence-corrected chi connectivity index (χ4v) is 6.76. The van der Waals surface area contributed by atoms with Gasteiger partial charge in [-0.3, -0.25) is 9.59 Å². The highest BCUT2D eigenvalue weighted by Crippen LogP contribution is 2.43. The van der Waals surface area contributed by atoms with Crippen molar-refractivity contribution in [3.63, 3.8) is 0 Å². The fourth-order valence-electron chi connectivity index (χ4n) is 6.07. The molecule has 0 atom stereocenters. The van der Waals surface area contributed by atoms with Gasteiger partial charge in [0.2, 0.25) is 0 Å². The number of nitrogens with one attached hydrogen (secondary N) is 2. The molecule has 7 rings (SSSR count). The third kappa shape index (κ3) is 9.36. The van der Waals surface area contributed by atoms with Gasteiger partial charge in [-0.2, -0.15) is 36.6 Å². The molecule has 0 heterocycles. The van der Waals surface area contributed by atoms with E-state index in [4.69, 9.17) is 34.8 Å². The van der Waals surface area contributed by atoms with Gasteiger partial charge < -0.3 is 20.8 Å². The van der Waals surface area contributed by atoms with E-state index in [2.05, 4.69) is 31.1 Å². The molecule has 0 saturated heterocycles. The SMILES string of the molecule is O=C(Nc1ccc(NC(=O)c2cc3ccccc3c(N=Nc3cc(Cl)cc(C(F)(F)F)c3)c2O)c(Cl)c1)c1cc2ccccc2c(N=Nc2cc(Cl)cc(C(F)(F)F)c2)c1O. The van der Waals surface area contributed by atoms with Crippen molar-refractivity contribution < 1.29 is 46.1 Å². The topological polar surface area (TPSA) is 148 Å². The first-order valence-electron chi connectivity index (χ1n) is 17.4. The number of phenolic OH excluding ortho intramolecular Hbond substituents is 2. The minimum atomic E-state index is -4.72. The fraction of sp³-hybridized carbons (Fsp3) is 0.0476. The van der Waals surface area contributed by atoms with E-state index in [-0.39, 0.29) is 60.3 Å². The number of anilines is 2. The molecule has 0 saturated carbocycles. The maximum Gasteiger partial charge on any atom is 0.416 e. The van der Waals surface area contributed by atoms with E-state index in [0.717, 1.165) is 36.4 Å². The summed E-state index contributed by atoms with van der Waals surface area (Å²) < 4.78 is 80.3. The van der Waals surface area contributed by atoms with E-state index >= 15 is 0 Å². The van der Waals surface area contributed by atoms with Gasteiger partial charge in [-0.25, -0.2) is 0 Å². The van der Waals surface area contributed by atoms with Crippen LogP contribution in [0.25, 0.3) is 21.5 Å². The average Bonchev–Trinajstić information content (AvgIpc) is 3.19. The molecule has 0 unspecified atom stereocenters. The lowest BCUT2D eigenvalue weighted by Gasteiger charge is -2.14. The Labute approximate surface area is 354 Å². The highest BCUT2D eigenvalue weighted by Gasteiger charge is 2.32. The molecule has 0 fully saturated rings. The molecule has 308 valence electrons. The van der Waals surface area contributed by atoms with Gasteiger partial charge in [0.25, 0.3) is 11.8 Å². The lowest BCUT2D eigenvalue weighted by atomic mass is 10.0. The number of fused-ring (bicyclic) bond motifs is 2. The Morgan fingerprint density at radius 3 is 1.41 bits per heavy atom. The van der Waals surface area contributed by atoms with Crippen molar-refractivity contribution in [1.82, 2.24) is 0 Å². The molecular weight excluding hydrogens is 873 g/mol. The van der Waals surface area contributed by atoms with Gasteiger partial charge in [0, 0.05) is 26.5 Å². The lowest BCUT2D eigenvalue weighted by Crippen LogP contribution is -2.14. The number of nitrogens with zero attached hydrogens (tertiary/aromatic N) is 4. The molecule has 7 aromatic carbocycles. The molecule has 7 aromatic rings. The Morgan fingerprint density at radius 2 is 0.967 bits per heavy atom. The normalized spacial score (nSPS) is 12.1. The third-order valence-corrected chi connectivity index (χ3v) is 9.65. The zero-order chi connectivity index (χ0) is 43.8. The number of rotatable bonds is 8. The minimum absolute atomic E-state index is 0.0324. The van der Waals surface area contributed by atoms with E-state index in [1.165, 1.54) is 30.3 Å². The number of benzene rings is 7. The van der Waals surface area contributed by atoms with Crippen LogP contribution in [0.5, 0.6) is 11.5 Å². The molecule has 10 nitrogen and oxygen atoms in total. The van der Waals surface area contributed by atoms with Crippen LogP contribution in [0.15, 0.2) is 136 Å². The van der Waals surface area contributed by atoms with E-state index in [1.54, 1.807) is 48.5 Å². The van der Waals surface area contributed by atoms with Crippen LogP contribution in [0.3, 0.4) is 0 Å². The molecule has 2 amide bonds. The Bertz CT molecular complexity index is 2980. The van der Waals surface area contributed by atoms with Crippen molar-refractivity contribution >= 4 is 102 Å². The van der Waals surface area contributed by atoms with E-state index in [9.17, 15) is 46.1 Å². The average molecular weight is 896 g/mol. The summed E-state index contributed by atoms with van der Waals surface area (Å²) in [6.45, 7) is 0.